The highest BCUT2D eigenvalue weighted by Gasteiger charge is 2.13. The molecule has 6 heteroatoms. The normalized spacial score (nSPS) is 10.8. The summed E-state index contributed by atoms with van der Waals surface area (Å²) < 4.78 is 1.72. The topological polar surface area (TPSA) is 59.3 Å². The molecule has 0 saturated carbocycles. The third-order valence-corrected chi connectivity index (χ3v) is 3.80. The zero-order valence-corrected chi connectivity index (χ0v) is 11.4. The number of amides is 1. The number of thiazole rings is 1. The molecule has 0 spiro atoms. The Hall–Kier alpha value is -2.21. The first-order valence-corrected chi connectivity index (χ1v) is 6.71. The van der Waals surface area contributed by atoms with Crippen molar-refractivity contribution >= 4 is 28.2 Å². The number of hydrogen-bond donors (Lipinski definition) is 1. The summed E-state index contributed by atoms with van der Waals surface area (Å²) in [5.41, 5.74) is 2.57. The van der Waals surface area contributed by atoms with E-state index in [0.29, 0.717) is 11.5 Å². The zero-order chi connectivity index (χ0) is 13.4. The molecule has 3 rings (SSSR count). The van der Waals surface area contributed by atoms with Gasteiger partial charge in [-0.25, -0.2) is 4.52 Å². The quantitative estimate of drug-likeness (QED) is 0.780. The molecular weight excluding hydrogens is 260 g/mol. The molecule has 19 heavy (non-hydrogen) atoms. The molecular formula is C13H12N4OS. The van der Waals surface area contributed by atoms with Crippen LogP contribution in [0.4, 0.5) is 5.95 Å². The summed E-state index contributed by atoms with van der Waals surface area (Å²) >= 11 is 1.50. The number of benzene rings is 1. The fourth-order valence-electron chi connectivity index (χ4n) is 1.84. The molecule has 0 saturated heterocycles. The van der Waals surface area contributed by atoms with Gasteiger partial charge in [0.1, 0.15) is 0 Å². The van der Waals surface area contributed by atoms with Crippen LogP contribution in [0.2, 0.25) is 0 Å². The van der Waals surface area contributed by atoms with Gasteiger partial charge in [0.2, 0.25) is 4.96 Å². The van der Waals surface area contributed by atoms with E-state index in [0.717, 1.165) is 16.2 Å². The molecule has 0 unspecified atom stereocenters. The SMILES string of the molecule is Cc1ccccc1C(=O)Nc1nc2scc(C)n2n1. The van der Waals surface area contributed by atoms with Crippen LogP contribution in [-0.4, -0.2) is 20.5 Å². The van der Waals surface area contributed by atoms with Crippen molar-refractivity contribution in [3.8, 4) is 0 Å². The van der Waals surface area contributed by atoms with E-state index in [1.807, 2.05) is 37.4 Å². The maximum absolute atomic E-state index is 12.1. The fraction of sp³-hybridized carbons (Fsp3) is 0.154. The number of hydrogen-bond acceptors (Lipinski definition) is 4. The summed E-state index contributed by atoms with van der Waals surface area (Å²) in [7, 11) is 0. The number of anilines is 1. The molecule has 1 amide bonds. The minimum atomic E-state index is -0.186. The number of fused-ring (bicyclic) bond motifs is 1. The van der Waals surface area contributed by atoms with E-state index in [2.05, 4.69) is 15.4 Å². The first-order valence-electron chi connectivity index (χ1n) is 5.83. The van der Waals surface area contributed by atoms with Gasteiger partial charge >= 0.3 is 0 Å². The van der Waals surface area contributed by atoms with Gasteiger partial charge in [-0.3, -0.25) is 10.1 Å². The van der Waals surface area contributed by atoms with Gasteiger partial charge in [-0.2, -0.15) is 4.98 Å². The second-order valence-electron chi connectivity index (χ2n) is 4.28. The fourth-order valence-corrected chi connectivity index (χ4v) is 2.64. The van der Waals surface area contributed by atoms with Crippen molar-refractivity contribution in [2.75, 3.05) is 5.32 Å². The van der Waals surface area contributed by atoms with E-state index in [1.165, 1.54) is 11.3 Å². The molecule has 3 aromatic rings. The van der Waals surface area contributed by atoms with Crippen molar-refractivity contribution in [2.45, 2.75) is 13.8 Å². The molecule has 0 aliphatic rings. The van der Waals surface area contributed by atoms with E-state index in [4.69, 9.17) is 0 Å². The molecule has 0 atom stereocenters. The summed E-state index contributed by atoms with van der Waals surface area (Å²) in [5, 5.41) is 8.95. The van der Waals surface area contributed by atoms with Crippen LogP contribution in [0.5, 0.6) is 0 Å². The minimum Gasteiger partial charge on any atom is -0.289 e. The predicted octanol–water partition coefficient (Wildman–Crippen LogP) is 2.66. The lowest BCUT2D eigenvalue weighted by atomic mass is 10.1. The summed E-state index contributed by atoms with van der Waals surface area (Å²) in [6.07, 6.45) is 0. The van der Waals surface area contributed by atoms with Gasteiger partial charge in [-0.15, -0.1) is 16.4 Å². The van der Waals surface area contributed by atoms with E-state index in [9.17, 15) is 4.79 Å². The van der Waals surface area contributed by atoms with E-state index in [-0.39, 0.29) is 5.91 Å². The molecule has 0 fully saturated rings. The summed E-state index contributed by atoms with van der Waals surface area (Å²) in [6.45, 7) is 3.85. The van der Waals surface area contributed by atoms with E-state index in [1.54, 1.807) is 10.6 Å². The van der Waals surface area contributed by atoms with Crippen molar-refractivity contribution in [1.29, 1.82) is 0 Å². The van der Waals surface area contributed by atoms with Crippen LogP contribution in [0.3, 0.4) is 0 Å². The Bertz CT molecular complexity index is 759. The molecule has 0 bridgehead atoms. The maximum Gasteiger partial charge on any atom is 0.258 e. The lowest BCUT2D eigenvalue weighted by molar-refractivity contribution is 0.102. The van der Waals surface area contributed by atoms with Crippen LogP contribution in [-0.2, 0) is 0 Å². The van der Waals surface area contributed by atoms with Crippen LogP contribution in [0.1, 0.15) is 21.6 Å². The highest BCUT2D eigenvalue weighted by atomic mass is 32.1. The van der Waals surface area contributed by atoms with Crippen molar-refractivity contribution in [3.63, 3.8) is 0 Å². The van der Waals surface area contributed by atoms with Crippen LogP contribution in [0, 0.1) is 13.8 Å². The number of rotatable bonds is 2. The number of carbonyl (C=O) groups is 1. The van der Waals surface area contributed by atoms with Crippen molar-refractivity contribution in [1.82, 2.24) is 14.6 Å². The number of carbonyl (C=O) groups excluding carboxylic acids is 1. The predicted molar refractivity (Wildman–Crippen MR) is 74.7 cm³/mol. The monoisotopic (exact) mass is 272 g/mol. The molecule has 0 aliphatic carbocycles. The lowest BCUT2D eigenvalue weighted by Crippen LogP contribution is -2.14. The van der Waals surface area contributed by atoms with Gasteiger partial charge in [0.25, 0.3) is 11.9 Å². The Morgan fingerprint density at radius 2 is 2.11 bits per heavy atom. The molecule has 2 aromatic heterocycles. The molecule has 5 nitrogen and oxygen atoms in total. The van der Waals surface area contributed by atoms with Crippen molar-refractivity contribution in [3.05, 3.63) is 46.5 Å². The van der Waals surface area contributed by atoms with Gasteiger partial charge in [0.15, 0.2) is 0 Å². The largest absolute Gasteiger partial charge is 0.289 e. The minimum absolute atomic E-state index is 0.186. The third-order valence-electron chi connectivity index (χ3n) is 2.86. The summed E-state index contributed by atoms with van der Waals surface area (Å²) in [5.74, 6) is 0.150. The average molecular weight is 272 g/mol. The Morgan fingerprint density at radius 1 is 1.32 bits per heavy atom. The van der Waals surface area contributed by atoms with Gasteiger partial charge in [-0.05, 0) is 25.5 Å². The third kappa shape index (κ3) is 2.10. The van der Waals surface area contributed by atoms with Gasteiger partial charge in [0.05, 0.1) is 5.69 Å². The van der Waals surface area contributed by atoms with Gasteiger partial charge in [0, 0.05) is 10.9 Å². The standard InChI is InChI=1S/C13H12N4OS/c1-8-5-3-4-6-10(8)11(18)14-12-15-13-17(16-12)9(2)7-19-13/h3-7H,1-2H3,(H,14,16,18). The number of nitrogens with one attached hydrogen (secondary N) is 1. The summed E-state index contributed by atoms with van der Waals surface area (Å²) in [6, 6.07) is 7.43. The van der Waals surface area contributed by atoms with Crippen LogP contribution >= 0.6 is 11.3 Å². The maximum atomic E-state index is 12.1. The molecule has 1 aromatic carbocycles. The highest BCUT2D eigenvalue weighted by molar-refractivity contribution is 7.15. The highest BCUT2D eigenvalue weighted by Crippen LogP contribution is 2.16. The van der Waals surface area contributed by atoms with Crippen molar-refractivity contribution < 1.29 is 4.79 Å². The van der Waals surface area contributed by atoms with Crippen molar-refractivity contribution in [2.24, 2.45) is 0 Å². The molecule has 96 valence electrons. The molecule has 0 aliphatic heterocycles. The van der Waals surface area contributed by atoms with E-state index >= 15 is 0 Å². The van der Waals surface area contributed by atoms with Gasteiger partial charge in [-0.1, -0.05) is 18.2 Å². The second-order valence-corrected chi connectivity index (χ2v) is 5.11. The molecule has 1 N–H and O–H groups in total. The Balaban J connectivity index is 1.88. The lowest BCUT2D eigenvalue weighted by Gasteiger charge is -2.03. The number of aromatic nitrogens is 3. The van der Waals surface area contributed by atoms with Gasteiger partial charge < -0.3 is 0 Å². The number of aryl methyl sites for hydroxylation is 2. The Morgan fingerprint density at radius 3 is 2.84 bits per heavy atom. The first-order chi connectivity index (χ1) is 9.15. The summed E-state index contributed by atoms with van der Waals surface area (Å²) in [4.78, 5) is 17.2. The smallest absolute Gasteiger partial charge is 0.258 e. The average Bonchev–Trinajstić information content (AvgIpc) is 2.92. The zero-order valence-electron chi connectivity index (χ0n) is 10.5. The van der Waals surface area contributed by atoms with E-state index < -0.39 is 0 Å². The second kappa shape index (κ2) is 4.47. The van der Waals surface area contributed by atoms with Crippen LogP contribution < -0.4 is 5.32 Å². The first kappa shape index (κ1) is 11.9. The Labute approximate surface area is 113 Å². The Kier molecular flexibility index (Phi) is 2.79. The van der Waals surface area contributed by atoms with Crippen LogP contribution in [0.25, 0.3) is 4.96 Å². The molecule has 2 heterocycles. The molecule has 0 radical (unpaired) electrons. The number of nitrogens with zero attached hydrogens (tertiary/aromatic N) is 3. The van der Waals surface area contributed by atoms with Crippen LogP contribution in [0.15, 0.2) is 29.6 Å².